The van der Waals surface area contributed by atoms with Crippen molar-refractivity contribution in [3.05, 3.63) is 53.1 Å². The third kappa shape index (κ3) is 2.79. The number of aliphatic hydroxyl groups is 2. The topological polar surface area (TPSA) is 49.7 Å². The molecule has 0 aliphatic carbocycles. The fourth-order valence-electron chi connectivity index (χ4n) is 2.09. The van der Waals surface area contributed by atoms with Crippen molar-refractivity contribution in [1.29, 1.82) is 0 Å². The molecule has 0 bridgehead atoms. The molecule has 2 N–H and O–H groups in total. The molecule has 0 unspecified atom stereocenters. The lowest BCUT2D eigenvalue weighted by molar-refractivity contribution is 0.270. The predicted octanol–water partition coefficient (Wildman–Crippen LogP) is 2.63. The third-order valence-electron chi connectivity index (χ3n) is 3.02. The highest BCUT2D eigenvalue weighted by molar-refractivity contribution is 5.70. The Bertz CT molecular complexity index is 607. The number of methoxy groups -OCH3 is 1. The van der Waals surface area contributed by atoms with Crippen LogP contribution in [0.15, 0.2) is 30.3 Å². The highest BCUT2D eigenvalue weighted by Gasteiger charge is 2.13. The Hall–Kier alpha value is -1.98. The smallest absolute Gasteiger partial charge is 0.126 e. The molecule has 106 valence electrons. The summed E-state index contributed by atoms with van der Waals surface area (Å²) in [6.45, 7) is -0.588. The van der Waals surface area contributed by atoms with Crippen molar-refractivity contribution >= 4 is 0 Å². The first-order valence-corrected chi connectivity index (χ1v) is 5.97. The molecule has 0 spiro atoms. The minimum atomic E-state index is -0.703. The molecule has 0 amide bonds. The molecule has 0 saturated carbocycles. The van der Waals surface area contributed by atoms with Crippen molar-refractivity contribution in [2.75, 3.05) is 7.11 Å². The van der Waals surface area contributed by atoms with Crippen molar-refractivity contribution in [3.8, 4) is 16.9 Å². The second-order valence-corrected chi connectivity index (χ2v) is 4.30. The zero-order valence-corrected chi connectivity index (χ0v) is 10.9. The van der Waals surface area contributed by atoms with Crippen molar-refractivity contribution in [1.82, 2.24) is 0 Å². The Balaban J connectivity index is 2.65. The largest absolute Gasteiger partial charge is 0.496 e. The number of rotatable bonds is 4. The van der Waals surface area contributed by atoms with Crippen molar-refractivity contribution in [3.63, 3.8) is 0 Å². The normalized spacial score (nSPS) is 10.7. The quantitative estimate of drug-likeness (QED) is 0.905. The van der Waals surface area contributed by atoms with Gasteiger partial charge in [-0.3, -0.25) is 0 Å². The van der Waals surface area contributed by atoms with Crippen LogP contribution in [0.1, 0.15) is 11.1 Å². The molecule has 2 aromatic carbocycles. The molecule has 0 aliphatic rings. The van der Waals surface area contributed by atoms with Gasteiger partial charge in [0.15, 0.2) is 0 Å². The molecular formula is C15H14F2O3. The molecule has 0 saturated heterocycles. The summed E-state index contributed by atoms with van der Waals surface area (Å²) in [4.78, 5) is 0. The lowest BCUT2D eigenvalue weighted by Crippen LogP contribution is -1.98. The highest BCUT2D eigenvalue weighted by Crippen LogP contribution is 2.32. The molecule has 0 radical (unpaired) electrons. The Morgan fingerprint density at radius 2 is 1.50 bits per heavy atom. The molecule has 0 atom stereocenters. The third-order valence-corrected chi connectivity index (χ3v) is 3.02. The van der Waals surface area contributed by atoms with Crippen molar-refractivity contribution < 1.29 is 23.7 Å². The molecule has 5 heteroatoms. The van der Waals surface area contributed by atoms with E-state index in [1.165, 1.54) is 19.2 Å². The fraction of sp³-hybridized carbons (Fsp3) is 0.200. The maximum absolute atomic E-state index is 13.3. The van der Waals surface area contributed by atoms with E-state index in [-0.39, 0.29) is 13.2 Å². The van der Waals surface area contributed by atoms with Gasteiger partial charge in [0.2, 0.25) is 0 Å². The van der Waals surface area contributed by atoms with Crippen LogP contribution in [0.4, 0.5) is 8.78 Å². The van der Waals surface area contributed by atoms with E-state index in [4.69, 9.17) is 4.74 Å². The highest BCUT2D eigenvalue weighted by atomic mass is 19.1. The van der Waals surface area contributed by atoms with Crippen LogP contribution in [0.5, 0.6) is 5.75 Å². The molecule has 0 heterocycles. The summed E-state index contributed by atoms with van der Waals surface area (Å²) in [7, 11) is 1.44. The number of ether oxygens (including phenoxy) is 1. The van der Waals surface area contributed by atoms with Gasteiger partial charge in [-0.2, -0.15) is 0 Å². The van der Waals surface area contributed by atoms with Crippen molar-refractivity contribution in [2.24, 2.45) is 0 Å². The Kier molecular flexibility index (Phi) is 4.32. The standard InChI is InChI=1S/C15H14F2O3/c1-20-15-5-10(7-18)14(4-11(15)8-19)9-2-12(16)6-13(17)3-9/h2-6,18-19H,7-8H2,1H3. The zero-order valence-electron chi connectivity index (χ0n) is 10.9. The van der Waals surface area contributed by atoms with Gasteiger partial charge in [-0.15, -0.1) is 0 Å². The molecule has 3 nitrogen and oxygen atoms in total. The summed E-state index contributed by atoms with van der Waals surface area (Å²) in [6, 6.07) is 6.22. The van der Waals surface area contributed by atoms with Crippen LogP contribution in [0.3, 0.4) is 0 Å². The maximum Gasteiger partial charge on any atom is 0.126 e. The van der Waals surface area contributed by atoms with Gasteiger partial charge >= 0.3 is 0 Å². The van der Waals surface area contributed by atoms with Crippen LogP contribution in [-0.2, 0) is 13.2 Å². The van der Waals surface area contributed by atoms with Gasteiger partial charge in [-0.1, -0.05) is 0 Å². The molecule has 2 aromatic rings. The van der Waals surface area contributed by atoms with Gasteiger partial charge in [0.25, 0.3) is 0 Å². The van der Waals surface area contributed by atoms with Crippen LogP contribution >= 0.6 is 0 Å². The lowest BCUT2D eigenvalue weighted by Gasteiger charge is -2.14. The molecular weight excluding hydrogens is 266 g/mol. The molecule has 2 rings (SSSR count). The van der Waals surface area contributed by atoms with E-state index < -0.39 is 11.6 Å². The van der Waals surface area contributed by atoms with Crippen LogP contribution in [0, 0.1) is 11.6 Å². The molecule has 20 heavy (non-hydrogen) atoms. The second kappa shape index (κ2) is 5.98. The van der Waals surface area contributed by atoms with E-state index in [1.54, 1.807) is 12.1 Å². The summed E-state index contributed by atoms with van der Waals surface area (Å²) in [5.74, 6) is -0.993. The Labute approximate surface area is 115 Å². The van der Waals surface area contributed by atoms with Gasteiger partial charge in [0.05, 0.1) is 20.3 Å². The van der Waals surface area contributed by atoms with Crippen LogP contribution in [-0.4, -0.2) is 17.3 Å². The summed E-state index contributed by atoms with van der Waals surface area (Å²) >= 11 is 0. The Morgan fingerprint density at radius 1 is 0.900 bits per heavy atom. The number of aliphatic hydroxyl groups excluding tert-OH is 2. The van der Waals surface area contributed by atoms with Gasteiger partial charge < -0.3 is 14.9 Å². The molecule has 0 fully saturated rings. The number of hydrogen-bond acceptors (Lipinski definition) is 3. The van der Waals surface area contributed by atoms with E-state index in [0.29, 0.717) is 28.0 Å². The summed E-state index contributed by atoms with van der Waals surface area (Å²) < 4.78 is 31.7. The lowest BCUT2D eigenvalue weighted by atomic mass is 9.96. The second-order valence-electron chi connectivity index (χ2n) is 4.30. The molecule has 0 aromatic heterocycles. The van der Waals surface area contributed by atoms with Crippen molar-refractivity contribution in [2.45, 2.75) is 13.2 Å². The predicted molar refractivity (Wildman–Crippen MR) is 70.2 cm³/mol. The summed E-state index contributed by atoms with van der Waals surface area (Å²) in [5, 5.41) is 18.7. The summed E-state index contributed by atoms with van der Waals surface area (Å²) in [6.07, 6.45) is 0. The minimum Gasteiger partial charge on any atom is -0.496 e. The van der Waals surface area contributed by atoms with Crippen LogP contribution in [0.2, 0.25) is 0 Å². The maximum atomic E-state index is 13.3. The molecule has 0 aliphatic heterocycles. The first-order chi connectivity index (χ1) is 9.58. The van der Waals surface area contributed by atoms with E-state index in [1.807, 2.05) is 0 Å². The average Bonchev–Trinajstić information content (AvgIpc) is 2.44. The number of hydrogen-bond donors (Lipinski definition) is 2. The number of halogens is 2. The van der Waals surface area contributed by atoms with Crippen LogP contribution < -0.4 is 4.74 Å². The zero-order chi connectivity index (χ0) is 14.7. The van der Waals surface area contributed by atoms with E-state index in [2.05, 4.69) is 0 Å². The van der Waals surface area contributed by atoms with Gasteiger partial charge in [0.1, 0.15) is 17.4 Å². The van der Waals surface area contributed by atoms with Crippen LogP contribution in [0.25, 0.3) is 11.1 Å². The first kappa shape index (κ1) is 14.4. The average molecular weight is 280 g/mol. The van der Waals surface area contributed by atoms with Gasteiger partial charge in [0, 0.05) is 11.6 Å². The monoisotopic (exact) mass is 280 g/mol. The first-order valence-electron chi connectivity index (χ1n) is 5.97. The van der Waals surface area contributed by atoms with Gasteiger partial charge in [-0.25, -0.2) is 8.78 Å². The number of benzene rings is 2. The van der Waals surface area contributed by atoms with E-state index in [9.17, 15) is 19.0 Å². The van der Waals surface area contributed by atoms with E-state index in [0.717, 1.165) is 6.07 Å². The summed E-state index contributed by atoms with van der Waals surface area (Å²) in [5.41, 5.74) is 1.69. The van der Waals surface area contributed by atoms with Gasteiger partial charge in [-0.05, 0) is 41.0 Å². The minimum absolute atomic E-state index is 0.278. The van der Waals surface area contributed by atoms with E-state index >= 15 is 0 Å². The Morgan fingerprint density at radius 3 is 2.00 bits per heavy atom. The SMILES string of the molecule is COc1cc(CO)c(-c2cc(F)cc(F)c2)cc1CO. The fourth-order valence-corrected chi connectivity index (χ4v) is 2.09.